The smallest absolute Gasteiger partial charge is 0.249 e. The zero-order valence-corrected chi connectivity index (χ0v) is 14.0. The molecule has 0 bridgehead atoms. The number of hydrogen-bond acceptors (Lipinski definition) is 4. The van der Waals surface area contributed by atoms with Crippen molar-refractivity contribution >= 4 is 5.91 Å². The topological polar surface area (TPSA) is 59.2 Å². The highest BCUT2D eigenvalue weighted by Crippen LogP contribution is 2.34. The Balaban J connectivity index is 1.60. The van der Waals surface area contributed by atoms with Crippen LogP contribution in [0.25, 0.3) is 11.4 Å². The molecule has 0 spiro atoms. The van der Waals surface area contributed by atoms with Gasteiger partial charge in [-0.3, -0.25) is 4.79 Å². The van der Waals surface area contributed by atoms with Gasteiger partial charge in [0.15, 0.2) is 0 Å². The van der Waals surface area contributed by atoms with Gasteiger partial charge in [-0.25, -0.2) is 13.2 Å². The van der Waals surface area contributed by atoms with Gasteiger partial charge in [0.25, 0.3) is 0 Å². The van der Waals surface area contributed by atoms with Crippen LogP contribution in [0.3, 0.4) is 0 Å². The van der Waals surface area contributed by atoms with Gasteiger partial charge in [0.1, 0.15) is 23.5 Å². The molecular formula is C19H14F3N3O2. The van der Waals surface area contributed by atoms with Crippen molar-refractivity contribution in [2.45, 2.75) is 25.4 Å². The van der Waals surface area contributed by atoms with Gasteiger partial charge in [-0.1, -0.05) is 5.16 Å². The highest BCUT2D eigenvalue weighted by Gasteiger charge is 2.36. The van der Waals surface area contributed by atoms with Crippen molar-refractivity contribution in [1.29, 1.82) is 0 Å². The molecule has 27 heavy (non-hydrogen) atoms. The molecule has 2 heterocycles. The van der Waals surface area contributed by atoms with Crippen molar-refractivity contribution in [3.05, 3.63) is 71.4 Å². The van der Waals surface area contributed by atoms with Gasteiger partial charge in [0, 0.05) is 24.1 Å². The Labute approximate surface area is 152 Å². The van der Waals surface area contributed by atoms with Crippen LogP contribution in [0.5, 0.6) is 0 Å². The third-order valence-electron chi connectivity index (χ3n) is 4.51. The predicted molar refractivity (Wildman–Crippen MR) is 88.6 cm³/mol. The average molecular weight is 373 g/mol. The summed E-state index contributed by atoms with van der Waals surface area (Å²) in [5, 5.41) is 3.88. The monoisotopic (exact) mass is 373 g/mol. The van der Waals surface area contributed by atoms with Gasteiger partial charge in [-0.2, -0.15) is 4.98 Å². The first-order valence-corrected chi connectivity index (χ1v) is 8.34. The summed E-state index contributed by atoms with van der Waals surface area (Å²) in [6, 6.07) is 8.19. The molecule has 1 fully saturated rings. The normalized spacial score (nSPS) is 16.9. The van der Waals surface area contributed by atoms with E-state index in [1.807, 2.05) is 0 Å². The Hall–Kier alpha value is -3.16. The van der Waals surface area contributed by atoms with E-state index in [4.69, 9.17) is 4.52 Å². The van der Waals surface area contributed by atoms with Gasteiger partial charge in [-0.05, 0) is 48.9 Å². The van der Waals surface area contributed by atoms with Crippen LogP contribution in [-0.4, -0.2) is 20.9 Å². The Kier molecular flexibility index (Phi) is 4.39. The van der Waals surface area contributed by atoms with E-state index >= 15 is 0 Å². The SMILES string of the molecule is O=C1CCC(c2nc(-c3ccc(F)cc3)no2)N1Cc1cc(F)ccc1F. The Bertz CT molecular complexity index is 988. The molecule has 1 amide bonds. The molecular weight excluding hydrogens is 359 g/mol. The molecule has 0 radical (unpaired) electrons. The lowest BCUT2D eigenvalue weighted by Gasteiger charge is -2.22. The van der Waals surface area contributed by atoms with Crippen LogP contribution >= 0.6 is 0 Å². The highest BCUT2D eigenvalue weighted by atomic mass is 19.1. The lowest BCUT2D eigenvalue weighted by atomic mass is 10.1. The summed E-state index contributed by atoms with van der Waals surface area (Å²) in [7, 11) is 0. The van der Waals surface area contributed by atoms with Crippen molar-refractivity contribution in [2.24, 2.45) is 0 Å². The number of carbonyl (C=O) groups excluding carboxylic acids is 1. The lowest BCUT2D eigenvalue weighted by molar-refractivity contribution is -0.130. The number of aromatic nitrogens is 2. The molecule has 0 aliphatic carbocycles. The Morgan fingerprint density at radius 2 is 1.81 bits per heavy atom. The number of halogens is 3. The summed E-state index contributed by atoms with van der Waals surface area (Å²) in [5.41, 5.74) is 0.645. The fraction of sp³-hybridized carbons (Fsp3) is 0.211. The van der Waals surface area contributed by atoms with E-state index in [1.54, 1.807) is 0 Å². The van der Waals surface area contributed by atoms with Gasteiger partial charge in [-0.15, -0.1) is 0 Å². The van der Waals surface area contributed by atoms with Crippen molar-refractivity contribution in [1.82, 2.24) is 15.0 Å². The van der Waals surface area contributed by atoms with Crippen LogP contribution in [0.1, 0.15) is 30.3 Å². The first kappa shape index (κ1) is 17.3. The number of benzene rings is 2. The molecule has 4 rings (SSSR count). The third-order valence-corrected chi connectivity index (χ3v) is 4.51. The average Bonchev–Trinajstić information content (AvgIpc) is 3.26. The van der Waals surface area contributed by atoms with E-state index in [9.17, 15) is 18.0 Å². The zero-order chi connectivity index (χ0) is 19.0. The maximum atomic E-state index is 14.0. The molecule has 8 heteroatoms. The van der Waals surface area contributed by atoms with Crippen LogP contribution < -0.4 is 0 Å². The van der Waals surface area contributed by atoms with E-state index in [0.29, 0.717) is 12.0 Å². The maximum Gasteiger partial charge on any atom is 0.249 e. The van der Waals surface area contributed by atoms with Crippen molar-refractivity contribution in [3.63, 3.8) is 0 Å². The first-order chi connectivity index (χ1) is 13.0. The highest BCUT2D eigenvalue weighted by molar-refractivity contribution is 5.78. The quantitative estimate of drug-likeness (QED) is 0.693. The van der Waals surface area contributed by atoms with Crippen LogP contribution in [-0.2, 0) is 11.3 Å². The number of amides is 1. The van der Waals surface area contributed by atoms with Crippen LogP contribution in [0.2, 0.25) is 0 Å². The van der Waals surface area contributed by atoms with Gasteiger partial charge < -0.3 is 9.42 Å². The Morgan fingerprint density at radius 1 is 1.07 bits per heavy atom. The predicted octanol–water partition coefficient (Wildman–Crippen LogP) is 4.02. The minimum absolute atomic E-state index is 0.0773. The summed E-state index contributed by atoms with van der Waals surface area (Å²) in [6.07, 6.45) is 0.677. The van der Waals surface area contributed by atoms with E-state index in [0.717, 1.165) is 18.2 Å². The van der Waals surface area contributed by atoms with E-state index in [2.05, 4.69) is 10.1 Å². The van der Waals surface area contributed by atoms with E-state index in [1.165, 1.54) is 29.2 Å². The van der Waals surface area contributed by atoms with Crippen LogP contribution in [0, 0.1) is 17.5 Å². The summed E-state index contributed by atoms with van der Waals surface area (Å²) in [6.45, 7) is -0.0959. The van der Waals surface area contributed by atoms with Crippen LogP contribution in [0.4, 0.5) is 13.2 Å². The maximum absolute atomic E-state index is 14.0. The fourth-order valence-electron chi connectivity index (χ4n) is 3.12. The molecule has 0 saturated carbocycles. The molecule has 0 N–H and O–H groups in total. The van der Waals surface area contributed by atoms with Gasteiger partial charge in [0.2, 0.25) is 17.6 Å². The number of hydrogen-bond donors (Lipinski definition) is 0. The number of likely N-dealkylation sites (tertiary alicyclic amines) is 1. The minimum atomic E-state index is -0.590. The van der Waals surface area contributed by atoms with Crippen molar-refractivity contribution < 1.29 is 22.5 Å². The summed E-state index contributed by atoms with van der Waals surface area (Å²) in [5.74, 6) is -1.28. The molecule has 1 unspecified atom stereocenters. The minimum Gasteiger partial charge on any atom is -0.337 e. The summed E-state index contributed by atoms with van der Waals surface area (Å²) >= 11 is 0. The summed E-state index contributed by atoms with van der Waals surface area (Å²) < 4.78 is 45.7. The molecule has 138 valence electrons. The van der Waals surface area contributed by atoms with Crippen molar-refractivity contribution in [2.75, 3.05) is 0 Å². The lowest BCUT2D eigenvalue weighted by Crippen LogP contribution is -2.27. The molecule has 1 saturated heterocycles. The molecule has 1 aliphatic rings. The Morgan fingerprint density at radius 3 is 2.59 bits per heavy atom. The second kappa shape index (κ2) is 6.86. The van der Waals surface area contributed by atoms with Gasteiger partial charge in [0.05, 0.1) is 0 Å². The van der Waals surface area contributed by atoms with Gasteiger partial charge >= 0.3 is 0 Å². The molecule has 2 aromatic carbocycles. The first-order valence-electron chi connectivity index (χ1n) is 8.34. The molecule has 1 aromatic heterocycles. The second-order valence-electron chi connectivity index (χ2n) is 6.27. The number of nitrogens with zero attached hydrogens (tertiary/aromatic N) is 3. The van der Waals surface area contributed by atoms with E-state index in [-0.39, 0.29) is 42.0 Å². The molecule has 1 atom stereocenters. The summed E-state index contributed by atoms with van der Waals surface area (Å²) in [4.78, 5) is 18.0. The van der Waals surface area contributed by atoms with Crippen LogP contribution in [0.15, 0.2) is 47.0 Å². The van der Waals surface area contributed by atoms with E-state index < -0.39 is 17.7 Å². The fourth-order valence-corrected chi connectivity index (χ4v) is 3.12. The second-order valence-corrected chi connectivity index (χ2v) is 6.27. The van der Waals surface area contributed by atoms with Crippen molar-refractivity contribution in [3.8, 4) is 11.4 Å². The largest absolute Gasteiger partial charge is 0.337 e. The molecule has 5 nitrogen and oxygen atoms in total. The molecule has 3 aromatic rings. The number of rotatable bonds is 4. The number of carbonyl (C=O) groups is 1. The zero-order valence-electron chi connectivity index (χ0n) is 14.0. The standard InChI is InChI=1S/C19H14F3N3O2/c20-13-3-1-11(2-4-13)18-23-19(27-24-18)16-7-8-17(26)25(16)10-12-9-14(21)5-6-15(12)22/h1-6,9,16H,7-8,10H2. The third kappa shape index (κ3) is 3.42. The molecule has 1 aliphatic heterocycles.